The second kappa shape index (κ2) is 9.77. The van der Waals surface area contributed by atoms with E-state index in [9.17, 15) is 9.59 Å². The molecule has 0 saturated carbocycles. The van der Waals surface area contributed by atoms with Crippen molar-refractivity contribution in [3.63, 3.8) is 0 Å². The number of rotatable bonds is 8. The number of benzene rings is 1. The molecule has 9 heteroatoms. The highest BCUT2D eigenvalue weighted by Gasteiger charge is 2.14. The zero-order chi connectivity index (χ0) is 19.8. The molecule has 0 aliphatic carbocycles. The number of hydrogen-bond donors (Lipinski definition) is 2. The summed E-state index contributed by atoms with van der Waals surface area (Å²) in [5.74, 6) is -1.31. The van der Waals surface area contributed by atoms with Crippen LogP contribution in [0, 0.1) is 6.92 Å². The summed E-state index contributed by atoms with van der Waals surface area (Å²) in [7, 11) is 2.07. The predicted molar refractivity (Wildman–Crippen MR) is 103 cm³/mol. The molecule has 0 saturated heterocycles. The lowest BCUT2D eigenvalue weighted by Gasteiger charge is -2.20. The third-order valence-electron chi connectivity index (χ3n) is 4.36. The van der Waals surface area contributed by atoms with Crippen molar-refractivity contribution in [1.29, 1.82) is 0 Å². The number of amides is 2. The fraction of sp³-hybridized carbons (Fsp3) is 0.500. The molecule has 0 aliphatic heterocycles. The van der Waals surface area contributed by atoms with E-state index in [1.807, 2.05) is 6.92 Å². The van der Waals surface area contributed by atoms with Gasteiger partial charge in [-0.05, 0) is 81.4 Å². The van der Waals surface area contributed by atoms with Gasteiger partial charge in [0, 0.05) is 18.3 Å². The molecule has 2 aromatic rings. The molecular formula is C18H27N7O2. The Morgan fingerprint density at radius 3 is 2.63 bits per heavy atom. The summed E-state index contributed by atoms with van der Waals surface area (Å²) >= 11 is 0. The van der Waals surface area contributed by atoms with E-state index in [2.05, 4.69) is 52.0 Å². The first kappa shape index (κ1) is 20.5. The van der Waals surface area contributed by atoms with Crippen LogP contribution in [0.15, 0.2) is 24.5 Å². The topological polar surface area (TPSA) is 105 Å². The fourth-order valence-electron chi connectivity index (χ4n) is 2.48. The van der Waals surface area contributed by atoms with Crippen LogP contribution in [0.2, 0.25) is 0 Å². The van der Waals surface area contributed by atoms with Crippen molar-refractivity contribution in [3.8, 4) is 5.69 Å². The first-order chi connectivity index (χ1) is 12.9. The van der Waals surface area contributed by atoms with Gasteiger partial charge in [-0.2, -0.15) is 0 Å². The molecule has 27 heavy (non-hydrogen) atoms. The van der Waals surface area contributed by atoms with Gasteiger partial charge in [0.2, 0.25) is 0 Å². The summed E-state index contributed by atoms with van der Waals surface area (Å²) in [5, 5.41) is 16.3. The maximum absolute atomic E-state index is 12.0. The Balaban J connectivity index is 1.77. The van der Waals surface area contributed by atoms with E-state index < -0.39 is 11.8 Å². The van der Waals surface area contributed by atoms with Gasteiger partial charge < -0.3 is 15.5 Å². The minimum absolute atomic E-state index is 0.482. The molecule has 2 amide bonds. The Morgan fingerprint density at radius 1 is 1.22 bits per heavy atom. The highest BCUT2D eigenvalue weighted by atomic mass is 16.2. The summed E-state index contributed by atoms with van der Waals surface area (Å²) in [6.45, 7) is 7.61. The molecule has 0 unspecified atom stereocenters. The van der Waals surface area contributed by atoms with Crippen molar-refractivity contribution < 1.29 is 9.59 Å². The van der Waals surface area contributed by atoms with Gasteiger partial charge in [-0.25, -0.2) is 4.68 Å². The van der Waals surface area contributed by atoms with E-state index in [0.717, 1.165) is 30.6 Å². The lowest BCUT2D eigenvalue weighted by Crippen LogP contribution is -2.36. The van der Waals surface area contributed by atoms with E-state index in [0.29, 0.717) is 18.3 Å². The summed E-state index contributed by atoms with van der Waals surface area (Å²) in [6, 6.07) is 5.76. The highest BCUT2D eigenvalue weighted by molar-refractivity contribution is 6.39. The number of carbonyl (C=O) groups is 2. The van der Waals surface area contributed by atoms with Crippen LogP contribution in [-0.2, 0) is 9.59 Å². The van der Waals surface area contributed by atoms with Gasteiger partial charge in [-0.1, -0.05) is 0 Å². The summed E-state index contributed by atoms with van der Waals surface area (Å²) in [4.78, 5) is 26.2. The van der Waals surface area contributed by atoms with E-state index >= 15 is 0 Å². The average Bonchev–Trinajstić information content (AvgIpc) is 3.15. The molecule has 0 atom stereocenters. The van der Waals surface area contributed by atoms with Crippen LogP contribution >= 0.6 is 0 Å². The molecule has 0 bridgehead atoms. The Morgan fingerprint density at radius 2 is 2.00 bits per heavy atom. The molecule has 2 N–H and O–H groups in total. The zero-order valence-electron chi connectivity index (χ0n) is 16.3. The third-order valence-corrected chi connectivity index (χ3v) is 4.36. The minimum Gasteiger partial charge on any atom is -0.348 e. The Labute approximate surface area is 159 Å². The average molecular weight is 373 g/mol. The van der Waals surface area contributed by atoms with Crippen molar-refractivity contribution >= 4 is 17.5 Å². The second-order valence-corrected chi connectivity index (χ2v) is 6.75. The molecule has 2 rings (SSSR count). The van der Waals surface area contributed by atoms with Crippen LogP contribution in [0.25, 0.3) is 5.69 Å². The molecular weight excluding hydrogens is 346 g/mol. The molecule has 1 heterocycles. The fourth-order valence-corrected chi connectivity index (χ4v) is 2.48. The summed E-state index contributed by atoms with van der Waals surface area (Å²) in [6.07, 6.45) is 3.29. The number of nitrogens with zero attached hydrogens (tertiary/aromatic N) is 5. The smallest absolute Gasteiger partial charge is 0.313 e. The Hall–Kier alpha value is -2.81. The lowest BCUT2D eigenvalue weighted by molar-refractivity contribution is -0.136. The summed E-state index contributed by atoms with van der Waals surface area (Å²) < 4.78 is 1.53. The number of aryl methyl sites for hydroxylation is 1. The molecule has 0 fully saturated rings. The van der Waals surface area contributed by atoms with Crippen LogP contribution < -0.4 is 10.6 Å². The number of hydrogen-bond acceptors (Lipinski definition) is 6. The van der Waals surface area contributed by atoms with Crippen LogP contribution in [0.4, 0.5) is 5.69 Å². The molecule has 0 radical (unpaired) electrons. The Kier molecular flexibility index (Phi) is 7.42. The van der Waals surface area contributed by atoms with Gasteiger partial charge in [0.25, 0.3) is 0 Å². The van der Waals surface area contributed by atoms with Crippen LogP contribution in [-0.4, -0.2) is 63.1 Å². The quantitative estimate of drug-likeness (QED) is 0.531. The van der Waals surface area contributed by atoms with E-state index in [1.54, 1.807) is 18.2 Å². The normalized spacial score (nSPS) is 11.0. The maximum Gasteiger partial charge on any atom is 0.313 e. The van der Waals surface area contributed by atoms with Gasteiger partial charge in [-0.15, -0.1) is 5.10 Å². The lowest BCUT2D eigenvalue weighted by atomic mass is 10.2. The zero-order valence-corrected chi connectivity index (χ0v) is 16.3. The van der Waals surface area contributed by atoms with Crippen molar-refractivity contribution in [2.45, 2.75) is 39.7 Å². The van der Waals surface area contributed by atoms with Crippen molar-refractivity contribution in [2.24, 2.45) is 0 Å². The van der Waals surface area contributed by atoms with Crippen LogP contribution in [0.5, 0.6) is 0 Å². The minimum atomic E-state index is -0.677. The molecule has 1 aromatic heterocycles. The molecule has 0 spiro atoms. The number of unbranched alkanes of at least 4 members (excludes halogenated alkanes) is 1. The first-order valence-electron chi connectivity index (χ1n) is 9.02. The van der Waals surface area contributed by atoms with E-state index in [-0.39, 0.29) is 0 Å². The van der Waals surface area contributed by atoms with Crippen molar-refractivity contribution in [3.05, 3.63) is 30.1 Å². The van der Waals surface area contributed by atoms with Crippen LogP contribution in [0.1, 0.15) is 32.3 Å². The van der Waals surface area contributed by atoms with Gasteiger partial charge in [-0.3, -0.25) is 9.59 Å². The summed E-state index contributed by atoms with van der Waals surface area (Å²) in [5.41, 5.74) is 2.21. The number of nitrogens with one attached hydrogen (secondary N) is 2. The third kappa shape index (κ3) is 6.14. The molecule has 0 aliphatic rings. The monoisotopic (exact) mass is 373 g/mol. The largest absolute Gasteiger partial charge is 0.348 e. The van der Waals surface area contributed by atoms with Crippen molar-refractivity contribution in [2.75, 3.05) is 25.5 Å². The van der Waals surface area contributed by atoms with Crippen LogP contribution in [0.3, 0.4) is 0 Å². The molecule has 1 aromatic carbocycles. The van der Waals surface area contributed by atoms with E-state index in [4.69, 9.17) is 0 Å². The highest BCUT2D eigenvalue weighted by Crippen LogP contribution is 2.17. The predicted octanol–water partition coefficient (Wildman–Crippen LogP) is 1.15. The second-order valence-electron chi connectivity index (χ2n) is 6.75. The standard InChI is InChI=1S/C18H27N7O2/c1-13(2)24(4)10-6-5-9-19-17(26)18(27)21-15-7-8-16(14(3)11-15)25-12-20-22-23-25/h7-8,11-13H,5-6,9-10H2,1-4H3,(H,19,26)(H,21,27). The van der Waals surface area contributed by atoms with E-state index in [1.165, 1.54) is 11.0 Å². The number of aromatic nitrogens is 4. The van der Waals surface area contributed by atoms with Gasteiger partial charge in [0.05, 0.1) is 5.69 Å². The van der Waals surface area contributed by atoms with Gasteiger partial charge in [0.15, 0.2) is 0 Å². The number of carbonyl (C=O) groups excluding carboxylic acids is 2. The number of anilines is 1. The Bertz CT molecular complexity index is 759. The van der Waals surface area contributed by atoms with Crippen molar-refractivity contribution in [1.82, 2.24) is 30.4 Å². The number of tetrazole rings is 1. The first-order valence-corrected chi connectivity index (χ1v) is 9.02. The van der Waals surface area contributed by atoms with Gasteiger partial charge >= 0.3 is 11.8 Å². The SMILES string of the molecule is Cc1cc(NC(=O)C(=O)NCCCCN(C)C(C)C)ccc1-n1cnnn1. The molecule has 146 valence electrons. The molecule has 9 nitrogen and oxygen atoms in total. The van der Waals surface area contributed by atoms with Gasteiger partial charge in [0.1, 0.15) is 6.33 Å². The maximum atomic E-state index is 12.0.